The number of hydrogen-bond acceptors (Lipinski definition) is 6. The van der Waals surface area contributed by atoms with Crippen LogP contribution in [-0.4, -0.2) is 46.5 Å². The molecule has 3 aromatic rings. The first-order chi connectivity index (χ1) is 20.7. The van der Waals surface area contributed by atoms with Crippen LogP contribution in [0.3, 0.4) is 0 Å². The van der Waals surface area contributed by atoms with Gasteiger partial charge in [-0.1, -0.05) is 30.3 Å². The maximum atomic E-state index is 13.3. The molecule has 0 aliphatic carbocycles. The number of benzene rings is 3. The van der Waals surface area contributed by atoms with Gasteiger partial charge >= 0.3 is 64.1 Å². The average molecular weight is 873 g/mol. The van der Waals surface area contributed by atoms with Crippen molar-refractivity contribution in [2.45, 2.75) is 30.5 Å². The summed E-state index contributed by atoms with van der Waals surface area (Å²) in [7, 11) is 0. The fourth-order valence-electron chi connectivity index (χ4n) is 2.50. The summed E-state index contributed by atoms with van der Waals surface area (Å²) in [5.41, 5.74) is -1.57. The van der Waals surface area contributed by atoms with Crippen molar-refractivity contribution in [3.05, 3.63) is 105 Å². The molecule has 0 fully saturated rings. The van der Waals surface area contributed by atoms with Crippen molar-refractivity contribution < 1.29 is 104 Å². The number of carbonyl (C=O) groups is 3. The van der Waals surface area contributed by atoms with Gasteiger partial charge in [0.05, 0.1) is 13.2 Å². The van der Waals surface area contributed by atoms with E-state index < -0.39 is 57.3 Å². The van der Waals surface area contributed by atoms with E-state index in [2.05, 4.69) is 32.1 Å². The number of aliphatic carboxylic acids is 1. The Bertz CT molecular complexity index is 1400. The van der Waals surface area contributed by atoms with Crippen LogP contribution >= 0.6 is 38.5 Å². The average Bonchev–Trinajstić information content (AvgIpc) is 2.94. The predicted molar refractivity (Wildman–Crippen MR) is 156 cm³/mol. The quantitative estimate of drug-likeness (QED) is 0.113. The summed E-state index contributed by atoms with van der Waals surface area (Å²) < 4.78 is 122. The van der Waals surface area contributed by atoms with E-state index in [0.29, 0.717) is 12.1 Å². The molecule has 0 aliphatic heterocycles. The van der Waals surface area contributed by atoms with Gasteiger partial charge in [-0.3, -0.25) is 0 Å². The van der Waals surface area contributed by atoms with Gasteiger partial charge in [0.2, 0.25) is 0 Å². The molecule has 0 saturated heterocycles. The number of esters is 2. The van der Waals surface area contributed by atoms with Crippen LogP contribution in [0.1, 0.15) is 25.0 Å². The fourth-order valence-corrected chi connectivity index (χ4v) is 3.12. The van der Waals surface area contributed by atoms with Crippen molar-refractivity contribution in [2.75, 3.05) is 13.2 Å². The van der Waals surface area contributed by atoms with E-state index in [9.17, 15) is 53.9 Å². The fraction of sp³-hybridized carbons (Fsp3) is 0.250. The number of hydrogen-bond donors (Lipinski definition) is 1. The Morgan fingerprint density at radius 1 is 0.702 bits per heavy atom. The van der Waals surface area contributed by atoms with E-state index >= 15 is 0 Å². The molecule has 0 radical (unpaired) electrons. The van der Waals surface area contributed by atoms with Crippen LogP contribution < -0.4 is 29.6 Å². The van der Waals surface area contributed by atoms with Gasteiger partial charge in [-0.05, 0) is 78.9 Å². The van der Waals surface area contributed by atoms with E-state index in [-0.39, 0.29) is 54.1 Å². The minimum atomic E-state index is -4.04. The molecule has 3 rings (SSSR count). The van der Waals surface area contributed by atoms with Crippen LogP contribution in [0.25, 0.3) is 0 Å². The molecule has 19 heteroatoms. The zero-order valence-corrected chi connectivity index (χ0v) is 30.2. The smallest absolute Gasteiger partial charge is 0.870 e. The molecule has 0 atom stereocenters. The number of alkyl halides is 7. The van der Waals surface area contributed by atoms with E-state index in [4.69, 9.17) is 5.11 Å². The summed E-state index contributed by atoms with van der Waals surface area (Å²) in [5.74, 6) is -15.2. The zero-order valence-electron chi connectivity index (χ0n) is 24.4. The molecule has 0 aromatic heterocycles. The third kappa shape index (κ3) is 18.7. The second-order valence-electron chi connectivity index (χ2n) is 7.85. The minimum Gasteiger partial charge on any atom is -0.870 e. The normalized spacial score (nSPS) is 10.4. The van der Waals surface area contributed by atoms with Gasteiger partial charge in [0.15, 0.2) is 0 Å². The third-order valence-corrected chi connectivity index (χ3v) is 5.46. The SMILES string of the molecule is CCOC(=O)C(F)(F)Br.CCOC(=O)C(F)(F)c1cccc(F)c1.Fc1cccc(I)c1.O=C(O)C(F)(F)c1cccc(F)c1.[Na+].[OH-]. The number of halogens is 11. The van der Waals surface area contributed by atoms with Crippen molar-refractivity contribution in [3.63, 3.8) is 0 Å². The maximum absolute atomic E-state index is 13.3. The molecular formula is C28H24BrF9INaO7. The molecule has 7 nitrogen and oxygen atoms in total. The Labute approximate surface area is 306 Å². The number of carboxylic acids is 1. The first kappa shape index (κ1) is 49.0. The molecule has 0 unspecified atom stereocenters. The summed E-state index contributed by atoms with van der Waals surface area (Å²) in [5, 5.41) is 8.11. The van der Waals surface area contributed by atoms with Gasteiger partial charge in [-0.25, -0.2) is 27.6 Å². The monoisotopic (exact) mass is 872 g/mol. The Kier molecular flexibility index (Phi) is 24.0. The Morgan fingerprint density at radius 3 is 1.34 bits per heavy atom. The predicted octanol–water partition coefficient (Wildman–Crippen LogP) is 5.28. The molecule has 0 amide bonds. The summed E-state index contributed by atoms with van der Waals surface area (Å²) in [4.78, 5) is 27.4. The van der Waals surface area contributed by atoms with Crippen LogP contribution in [-0.2, 0) is 35.7 Å². The van der Waals surface area contributed by atoms with Crippen molar-refractivity contribution >= 4 is 56.4 Å². The summed E-state index contributed by atoms with van der Waals surface area (Å²) in [6.45, 7) is 2.68. The Hall–Kier alpha value is -2.39. The molecule has 256 valence electrons. The van der Waals surface area contributed by atoms with E-state index in [0.717, 1.165) is 40.0 Å². The number of ether oxygens (including phenoxy) is 2. The Morgan fingerprint density at radius 2 is 1.06 bits per heavy atom. The van der Waals surface area contributed by atoms with Gasteiger partial charge < -0.3 is 20.1 Å². The molecule has 0 bridgehead atoms. The van der Waals surface area contributed by atoms with E-state index in [1.54, 1.807) is 6.07 Å². The zero-order chi connectivity index (χ0) is 35.0. The second kappa shape index (κ2) is 23.0. The molecule has 47 heavy (non-hydrogen) atoms. The summed E-state index contributed by atoms with van der Waals surface area (Å²) in [6, 6.07) is 13.5. The van der Waals surface area contributed by atoms with Crippen LogP contribution in [0, 0.1) is 21.0 Å². The standard InChI is InChI=1S/C10H9F3O2.C8H5F3O2.C6H4FI.C4H5BrF2O2.Na.H2O/c1-2-15-9(14)10(12,13)7-4-3-5-8(11)6-7;9-6-3-1-2-5(4-6)8(10,11)7(12)13;7-5-2-1-3-6(8)4-5;1-2-9-3(8)4(5,6)7;;/h3-6H,2H2,1H3;1-4H,(H,12,13);1-4H;2H2,1H3;;1H2/q;;;;+1;/p-1. The number of carbonyl (C=O) groups excluding carboxylic acids is 2. The van der Waals surface area contributed by atoms with Gasteiger partial charge in [0.1, 0.15) is 17.5 Å². The molecule has 3 aromatic carbocycles. The number of rotatable bonds is 7. The molecule has 0 spiro atoms. The Balaban J connectivity index is -0.000000557. The molecule has 2 N–H and O–H groups in total. The van der Waals surface area contributed by atoms with Crippen molar-refractivity contribution in [2.24, 2.45) is 0 Å². The van der Waals surface area contributed by atoms with Crippen LogP contribution in [0.2, 0.25) is 0 Å². The molecule has 0 saturated carbocycles. The van der Waals surface area contributed by atoms with Gasteiger partial charge in [0, 0.05) is 30.6 Å². The molecular weight excluding hydrogens is 849 g/mol. The molecule has 0 aliphatic rings. The minimum absolute atomic E-state index is 0. The maximum Gasteiger partial charge on any atom is 1.00 e. The van der Waals surface area contributed by atoms with Gasteiger partial charge in [0.25, 0.3) is 0 Å². The van der Waals surface area contributed by atoms with Crippen molar-refractivity contribution in [3.8, 4) is 0 Å². The third-order valence-electron chi connectivity index (χ3n) is 4.47. The van der Waals surface area contributed by atoms with Gasteiger partial charge in [-0.2, -0.15) is 26.3 Å². The first-order valence-electron chi connectivity index (χ1n) is 12.0. The second-order valence-corrected chi connectivity index (χ2v) is 10.1. The van der Waals surface area contributed by atoms with Crippen LogP contribution in [0.4, 0.5) is 39.5 Å². The molecule has 0 heterocycles. The van der Waals surface area contributed by atoms with Crippen LogP contribution in [0.15, 0.2) is 72.8 Å². The van der Waals surface area contributed by atoms with Crippen molar-refractivity contribution in [1.29, 1.82) is 0 Å². The first-order valence-corrected chi connectivity index (χ1v) is 13.9. The van der Waals surface area contributed by atoms with Crippen LogP contribution in [0.5, 0.6) is 0 Å². The van der Waals surface area contributed by atoms with Gasteiger partial charge in [-0.15, -0.1) is 0 Å². The summed E-state index contributed by atoms with van der Waals surface area (Å²) >= 11 is 3.90. The number of carboxylic acid groups (broad SMARTS) is 1. The van der Waals surface area contributed by atoms with E-state index in [1.165, 1.54) is 26.0 Å². The largest absolute Gasteiger partial charge is 1.00 e. The van der Waals surface area contributed by atoms with E-state index in [1.807, 2.05) is 22.0 Å². The summed E-state index contributed by atoms with van der Waals surface area (Å²) in [6.07, 6.45) is 0. The topological polar surface area (TPSA) is 120 Å². The van der Waals surface area contributed by atoms with Crippen molar-refractivity contribution in [1.82, 2.24) is 0 Å².